The summed E-state index contributed by atoms with van der Waals surface area (Å²) in [7, 11) is 0. The van der Waals surface area contributed by atoms with Crippen molar-refractivity contribution >= 4 is 17.5 Å². The molecule has 0 saturated carbocycles. The van der Waals surface area contributed by atoms with Crippen LogP contribution < -0.4 is 5.32 Å². The summed E-state index contributed by atoms with van der Waals surface area (Å²) in [5.41, 5.74) is 2.57. The standard InChI is InChI=1S/C20H21ClFN3O2/c1-12(15-4-6-16(22)7-5-15)10-23-20(26)18-9-8-17(27-18)11-25-14(3)19(21)13(2)24-25/h4-9,12H,10-11H2,1-3H3,(H,23,26). The molecule has 0 saturated heterocycles. The molecule has 1 atom stereocenters. The summed E-state index contributed by atoms with van der Waals surface area (Å²) in [6.07, 6.45) is 0. The fraction of sp³-hybridized carbons (Fsp3) is 0.300. The van der Waals surface area contributed by atoms with Crippen LogP contribution in [0, 0.1) is 19.7 Å². The fourth-order valence-corrected chi connectivity index (χ4v) is 2.94. The molecule has 3 aromatic rings. The van der Waals surface area contributed by atoms with Gasteiger partial charge in [-0.25, -0.2) is 4.39 Å². The van der Waals surface area contributed by atoms with Crippen LogP contribution in [0.1, 0.15) is 46.1 Å². The third-order valence-corrected chi connectivity index (χ3v) is 5.04. The number of carbonyl (C=O) groups is 1. The Labute approximate surface area is 162 Å². The number of hydrogen-bond donors (Lipinski definition) is 1. The maximum Gasteiger partial charge on any atom is 0.287 e. The quantitative estimate of drug-likeness (QED) is 0.676. The molecule has 142 valence electrons. The van der Waals surface area contributed by atoms with Crippen molar-refractivity contribution in [2.75, 3.05) is 6.54 Å². The van der Waals surface area contributed by atoms with Crippen molar-refractivity contribution in [1.82, 2.24) is 15.1 Å². The molecule has 0 spiro atoms. The number of nitrogens with one attached hydrogen (secondary N) is 1. The minimum Gasteiger partial charge on any atom is -0.454 e. The number of rotatable bonds is 6. The molecule has 1 amide bonds. The molecule has 3 rings (SSSR count). The van der Waals surface area contributed by atoms with Gasteiger partial charge in [0.1, 0.15) is 11.6 Å². The molecule has 0 aliphatic rings. The van der Waals surface area contributed by atoms with Gasteiger partial charge in [0.2, 0.25) is 0 Å². The second-order valence-electron chi connectivity index (χ2n) is 6.57. The maximum absolute atomic E-state index is 13.0. The molecule has 0 fully saturated rings. The first-order valence-electron chi connectivity index (χ1n) is 8.67. The summed E-state index contributed by atoms with van der Waals surface area (Å²) in [6, 6.07) is 9.66. The molecular formula is C20H21ClFN3O2. The van der Waals surface area contributed by atoms with Crippen LogP contribution in [-0.2, 0) is 6.54 Å². The first kappa shape index (κ1) is 19.2. The second-order valence-corrected chi connectivity index (χ2v) is 6.95. The Morgan fingerprint density at radius 2 is 1.96 bits per heavy atom. The van der Waals surface area contributed by atoms with Crippen LogP contribution in [0.25, 0.3) is 0 Å². The molecule has 2 heterocycles. The molecule has 0 bridgehead atoms. The first-order chi connectivity index (χ1) is 12.8. The van der Waals surface area contributed by atoms with Crippen LogP contribution in [0.4, 0.5) is 4.39 Å². The topological polar surface area (TPSA) is 60.1 Å². The van der Waals surface area contributed by atoms with Gasteiger partial charge in [-0.05, 0) is 49.6 Å². The number of hydrogen-bond acceptors (Lipinski definition) is 3. The number of aromatic nitrogens is 2. The number of benzene rings is 1. The highest BCUT2D eigenvalue weighted by Gasteiger charge is 2.15. The Kier molecular flexibility index (Phi) is 5.65. The summed E-state index contributed by atoms with van der Waals surface area (Å²) in [5, 5.41) is 7.83. The van der Waals surface area contributed by atoms with Crippen molar-refractivity contribution in [2.24, 2.45) is 0 Å². The van der Waals surface area contributed by atoms with E-state index in [-0.39, 0.29) is 23.4 Å². The van der Waals surface area contributed by atoms with Crippen molar-refractivity contribution in [1.29, 1.82) is 0 Å². The van der Waals surface area contributed by atoms with Crippen molar-refractivity contribution in [3.63, 3.8) is 0 Å². The second kappa shape index (κ2) is 7.96. The van der Waals surface area contributed by atoms with E-state index in [0.29, 0.717) is 23.9 Å². The highest BCUT2D eigenvalue weighted by molar-refractivity contribution is 6.31. The molecule has 5 nitrogen and oxygen atoms in total. The number of nitrogens with zero attached hydrogens (tertiary/aromatic N) is 2. The van der Waals surface area contributed by atoms with E-state index >= 15 is 0 Å². The van der Waals surface area contributed by atoms with Gasteiger partial charge in [0.05, 0.1) is 23.0 Å². The van der Waals surface area contributed by atoms with Gasteiger partial charge in [-0.3, -0.25) is 9.48 Å². The van der Waals surface area contributed by atoms with E-state index in [9.17, 15) is 9.18 Å². The highest BCUT2D eigenvalue weighted by atomic mass is 35.5. The molecule has 1 unspecified atom stereocenters. The van der Waals surface area contributed by atoms with Gasteiger partial charge in [-0.1, -0.05) is 30.7 Å². The average Bonchev–Trinajstić information content (AvgIpc) is 3.21. The van der Waals surface area contributed by atoms with Gasteiger partial charge < -0.3 is 9.73 Å². The maximum atomic E-state index is 13.0. The molecular weight excluding hydrogens is 369 g/mol. The van der Waals surface area contributed by atoms with E-state index in [4.69, 9.17) is 16.0 Å². The van der Waals surface area contributed by atoms with E-state index < -0.39 is 0 Å². The monoisotopic (exact) mass is 389 g/mol. The summed E-state index contributed by atoms with van der Waals surface area (Å²) in [5.74, 6) is 0.349. The van der Waals surface area contributed by atoms with Crippen molar-refractivity contribution < 1.29 is 13.6 Å². The van der Waals surface area contributed by atoms with E-state index in [0.717, 1.165) is 17.0 Å². The van der Waals surface area contributed by atoms with Crippen molar-refractivity contribution in [3.8, 4) is 0 Å². The number of aryl methyl sites for hydroxylation is 1. The van der Waals surface area contributed by atoms with Gasteiger partial charge >= 0.3 is 0 Å². The van der Waals surface area contributed by atoms with Gasteiger partial charge in [0.25, 0.3) is 5.91 Å². The first-order valence-corrected chi connectivity index (χ1v) is 9.05. The Bertz CT molecular complexity index is 947. The predicted octanol–water partition coefficient (Wildman–Crippen LogP) is 4.47. The van der Waals surface area contributed by atoms with E-state index in [2.05, 4.69) is 10.4 Å². The third-order valence-electron chi connectivity index (χ3n) is 4.49. The SMILES string of the molecule is Cc1nn(Cc2ccc(C(=O)NCC(C)c3ccc(F)cc3)o2)c(C)c1Cl. The molecule has 1 N–H and O–H groups in total. The molecule has 27 heavy (non-hydrogen) atoms. The molecule has 1 aromatic carbocycles. The lowest BCUT2D eigenvalue weighted by molar-refractivity contribution is 0.0922. The Balaban J connectivity index is 1.59. The van der Waals surface area contributed by atoms with E-state index in [1.165, 1.54) is 12.1 Å². The summed E-state index contributed by atoms with van der Waals surface area (Å²) < 4.78 is 20.4. The molecule has 0 radical (unpaired) electrons. The highest BCUT2D eigenvalue weighted by Crippen LogP contribution is 2.20. The zero-order valence-electron chi connectivity index (χ0n) is 15.4. The van der Waals surface area contributed by atoms with Gasteiger partial charge in [-0.15, -0.1) is 0 Å². The Hall–Kier alpha value is -2.60. The minimum absolute atomic E-state index is 0.0563. The lowest BCUT2D eigenvalue weighted by Gasteiger charge is -2.12. The summed E-state index contributed by atoms with van der Waals surface area (Å²) >= 11 is 6.15. The molecule has 7 heteroatoms. The van der Waals surface area contributed by atoms with Crippen molar-refractivity contribution in [3.05, 3.63) is 75.7 Å². The van der Waals surface area contributed by atoms with Crippen LogP contribution in [-0.4, -0.2) is 22.2 Å². The lowest BCUT2D eigenvalue weighted by Crippen LogP contribution is -2.27. The molecule has 0 aliphatic heterocycles. The molecule has 0 aliphatic carbocycles. The normalized spacial score (nSPS) is 12.2. The number of furan rings is 1. The lowest BCUT2D eigenvalue weighted by atomic mass is 10.0. The zero-order valence-corrected chi connectivity index (χ0v) is 16.2. The van der Waals surface area contributed by atoms with Crippen molar-refractivity contribution in [2.45, 2.75) is 33.2 Å². The number of carbonyl (C=O) groups excluding carboxylic acids is 1. The minimum atomic E-state index is -0.290. The average molecular weight is 390 g/mol. The van der Waals surface area contributed by atoms with Crippen LogP contribution in [0.3, 0.4) is 0 Å². The summed E-state index contributed by atoms with van der Waals surface area (Å²) in [4.78, 5) is 12.3. The van der Waals surface area contributed by atoms with Gasteiger partial charge in [0, 0.05) is 6.54 Å². The van der Waals surface area contributed by atoms with Crippen LogP contribution in [0.5, 0.6) is 0 Å². The summed E-state index contributed by atoms with van der Waals surface area (Å²) in [6.45, 7) is 6.52. The predicted molar refractivity (Wildman–Crippen MR) is 102 cm³/mol. The van der Waals surface area contributed by atoms with E-state index in [1.54, 1.807) is 28.9 Å². The largest absolute Gasteiger partial charge is 0.454 e. The van der Waals surface area contributed by atoms with Crippen LogP contribution >= 0.6 is 11.6 Å². The third kappa shape index (κ3) is 4.39. The Morgan fingerprint density at radius 3 is 2.59 bits per heavy atom. The van der Waals surface area contributed by atoms with Gasteiger partial charge in [0.15, 0.2) is 5.76 Å². The van der Waals surface area contributed by atoms with Gasteiger partial charge in [-0.2, -0.15) is 5.10 Å². The number of amides is 1. The van der Waals surface area contributed by atoms with Crippen LogP contribution in [0.15, 0.2) is 40.8 Å². The smallest absolute Gasteiger partial charge is 0.287 e. The zero-order chi connectivity index (χ0) is 19.6. The van der Waals surface area contributed by atoms with E-state index in [1.807, 2.05) is 20.8 Å². The Morgan fingerprint density at radius 1 is 1.26 bits per heavy atom. The number of halogens is 2. The fourth-order valence-electron chi connectivity index (χ4n) is 2.80. The molecule has 2 aromatic heterocycles. The van der Waals surface area contributed by atoms with Crippen LogP contribution in [0.2, 0.25) is 5.02 Å².